The van der Waals surface area contributed by atoms with E-state index in [4.69, 9.17) is 20.4 Å². The predicted molar refractivity (Wildman–Crippen MR) is 180 cm³/mol. The number of carboxylic acid groups (broad SMARTS) is 1. The molecule has 0 bridgehead atoms. The van der Waals surface area contributed by atoms with Crippen molar-refractivity contribution in [1.82, 2.24) is 10.6 Å². The smallest absolute Gasteiger partial charge is 0.320 e. The number of esters is 1. The van der Waals surface area contributed by atoms with Crippen LogP contribution in [0.1, 0.15) is 125 Å². The van der Waals surface area contributed by atoms with Crippen molar-refractivity contribution in [3.63, 3.8) is 0 Å². The van der Waals surface area contributed by atoms with Crippen molar-refractivity contribution in [2.45, 2.75) is 131 Å². The zero-order chi connectivity index (χ0) is 32.3. The number of hydrogen-bond donors (Lipinski definition) is 4. The van der Waals surface area contributed by atoms with Crippen molar-refractivity contribution in [1.29, 1.82) is 0 Å². The summed E-state index contributed by atoms with van der Waals surface area (Å²) >= 11 is 0. The molecule has 4 aliphatic rings. The predicted octanol–water partition coefficient (Wildman–Crippen LogP) is 6.95. The second-order valence-electron chi connectivity index (χ2n) is 15.6. The minimum atomic E-state index is -0.833. The molecule has 0 aromatic heterocycles. The molecule has 0 aliphatic heterocycles. The number of allylic oxidation sites excluding steroid dienone is 1. The average molecular weight is 618 g/mol. The summed E-state index contributed by atoms with van der Waals surface area (Å²) in [5.41, 5.74) is 7.98. The van der Waals surface area contributed by atoms with Gasteiger partial charge in [0, 0.05) is 13.3 Å². The van der Waals surface area contributed by atoms with Gasteiger partial charge in [0.2, 0.25) is 0 Å². The fourth-order valence-corrected chi connectivity index (χ4v) is 9.86. The molecule has 0 saturated heterocycles. The summed E-state index contributed by atoms with van der Waals surface area (Å²) in [6.45, 7) is 17.5. The normalized spacial score (nSPS) is 33.3. The van der Waals surface area contributed by atoms with Crippen LogP contribution in [0.4, 0.5) is 0 Å². The first-order chi connectivity index (χ1) is 20.9. The Morgan fingerprint density at radius 3 is 2.39 bits per heavy atom. The molecule has 4 aliphatic carbocycles. The van der Waals surface area contributed by atoms with Gasteiger partial charge in [-0.3, -0.25) is 9.59 Å². The van der Waals surface area contributed by atoms with E-state index in [1.54, 1.807) is 5.57 Å². The summed E-state index contributed by atoms with van der Waals surface area (Å²) in [4.78, 5) is 21.6. The van der Waals surface area contributed by atoms with Crippen LogP contribution < -0.4 is 16.4 Å². The van der Waals surface area contributed by atoms with Crippen molar-refractivity contribution in [3.05, 3.63) is 11.6 Å². The van der Waals surface area contributed by atoms with Crippen molar-refractivity contribution in [3.8, 4) is 0 Å². The number of ether oxygens (including phenoxy) is 1. The van der Waals surface area contributed by atoms with Crippen LogP contribution in [0.2, 0.25) is 0 Å². The maximum absolute atomic E-state index is 12.6. The van der Waals surface area contributed by atoms with Crippen LogP contribution in [0.25, 0.3) is 0 Å². The number of carbonyl (C=O) groups excluding carboxylic acids is 1. The molecule has 0 heterocycles. The molecule has 7 nitrogen and oxygen atoms in total. The third kappa shape index (κ3) is 9.78. The first kappa shape index (κ1) is 37.0. The molecule has 8 atom stereocenters. The Balaban J connectivity index is 0.00000124. The lowest BCUT2D eigenvalue weighted by atomic mass is 9.47. The van der Waals surface area contributed by atoms with E-state index >= 15 is 0 Å². The van der Waals surface area contributed by atoms with E-state index in [0.29, 0.717) is 17.4 Å². The summed E-state index contributed by atoms with van der Waals surface area (Å²) in [5, 5.41) is 14.1. The van der Waals surface area contributed by atoms with Gasteiger partial charge in [0.25, 0.3) is 5.97 Å². The molecular weight excluding hydrogens is 550 g/mol. The molecule has 3 saturated carbocycles. The van der Waals surface area contributed by atoms with E-state index in [0.717, 1.165) is 94.3 Å². The number of fused-ring (bicyclic) bond motifs is 5. The van der Waals surface area contributed by atoms with Crippen LogP contribution in [0.5, 0.6) is 0 Å². The van der Waals surface area contributed by atoms with Crippen LogP contribution in [-0.4, -0.2) is 55.9 Å². The Labute approximate surface area is 269 Å². The molecule has 0 aromatic carbocycles. The van der Waals surface area contributed by atoms with E-state index in [9.17, 15) is 4.79 Å². The van der Waals surface area contributed by atoms with Gasteiger partial charge in [-0.05, 0) is 130 Å². The Morgan fingerprint density at radius 2 is 1.68 bits per heavy atom. The highest BCUT2D eigenvalue weighted by Crippen LogP contribution is 2.67. The van der Waals surface area contributed by atoms with Crippen molar-refractivity contribution in [2.24, 2.45) is 52.1 Å². The van der Waals surface area contributed by atoms with Crippen LogP contribution in [-0.2, 0) is 14.3 Å². The molecule has 254 valence electrons. The minimum Gasteiger partial charge on any atom is -0.481 e. The Bertz CT molecular complexity index is 934. The third-order valence-electron chi connectivity index (χ3n) is 12.1. The topological polar surface area (TPSA) is 114 Å². The SMILES string of the molecule is CC(=O)O.CC(C)CCC[C@@H](C)[C@H]1CC[C@H]2[C@@H]3CC=C4C[C@@H](OC(=O)CNCCCNCCCN)CC[C@]4(C)[C@H]3CC[C@]12C. The zero-order valence-electron chi connectivity index (χ0n) is 29.1. The van der Waals surface area contributed by atoms with Crippen LogP contribution >= 0.6 is 0 Å². The van der Waals surface area contributed by atoms with E-state index in [2.05, 4.69) is 51.3 Å². The minimum absolute atomic E-state index is 0.0551. The molecule has 0 spiro atoms. The number of carboxylic acids is 1. The van der Waals surface area contributed by atoms with Crippen molar-refractivity contribution >= 4 is 11.9 Å². The number of aliphatic carboxylic acids is 1. The Morgan fingerprint density at radius 1 is 0.977 bits per heavy atom. The van der Waals surface area contributed by atoms with Gasteiger partial charge in [-0.25, -0.2) is 0 Å². The second-order valence-corrected chi connectivity index (χ2v) is 15.6. The molecule has 3 fully saturated rings. The lowest BCUT2D eigenvalue weighted by molar-refractivity contribution is -0.150. The Hall–Kier alpha value is -1.44. The molecule has 0 amide bonds. The fourth-order valence-electron chi connectivity index (χ4n) is 9.86. The monoisotopic (exact) mass is 618 g/mol. The number of rotatable bonds is 15. The second kappa shape index (κ2) is 17.5. The molecule has 0 unspecified atom stereocenters. The summed E-state index contributed by atoms with van der Waals surface area (Å²) in [5.74, 6) is 4.26. The highest BCUT2D eigenvalue weighted by Gasteiger charge is 2.59. The average Bonchev–Trinajstić information content (AvgIpc) is 3.31. The molecule has 44 heavy (non-hydrogen) atoms. The maximum atomic E-state index is 12.6. The summed E-state index contributed by atoms with van der Waals surface area (Å²) in [6, 6.07) is 0. The maximum Gasteiger partial charge on any atom is 0.320 e. The van der Waals surface area contributed by atoms with E-state index in [1.807, 2.05) is 0 Å². The quantitative estimate of drug-likeness (QED) is 0.0893. The van der Waals surface area contributed by atoms with Crippen LogP contribution in [0, 0.1) is 46.3 Å². The van der Waals surface area contributed by atoms with Gasteiger partial charge in [-0.1, -0.05) is 65.5 Å². The highest BCUT2D eigenvalue weighted by atomic mass is 16.5. The number of nitrogens with one attached hydrogen (secondary N) is 2. The van der Waals surface area contributed by atoms with Crippen molar-refractivity contribution in [2.75, 3.05) is 32.7 Å². The molecular formula is C37H67N3O4. The molecule has 0 aromatic rings. The lowest BCUT2D eigenvalue weighted by Gasteiger charge is -2.58. The van der Waals surface area contributed by atoms with E-state index < -0.39 is 5.97 Å². The van der Waals surface area contributed by atoms with Gasteiger partial charge in [-0.15, -0.1) is 0 Å². The Kier molecular flexibility index (Phi) is 14.7. The van der Waals surface area contributed by atoms with Gasteiger partial charge in [0.05, 0.1) is 6.54 Å². The van der Waals surface area contributed by atoms with Gasteiger partial charge in [0.1, 0.15) is 6.10 Å². The summed E-state index contributed by atoms with van der Waals surface area (Å²) < 4.78 is 5.98. The number of carbonyl (C=O) groups is 2. The van der Waals surface area contributed by atoms with E-state index in [-0.39, 0.29) is 12.1 Å². The van der Waals surface area contributed by atoms with Gasteiger partial charge in [0.15, 0.2) is 0 Å². The zero-order valence-corrected chi connectivity index (χ0v) is 29.1. The first-order valence-electron chi connectivity index (χ1n) is 18.1. The van der Waals surface area contributed by atoms with Gasteiger partial charge >= 0.3 is 5.97 Å². The van der Waals surface area contributed by atoms with Gasteiger partial charge in [-0.2, -0.15) is 0 Å². The lowest BCUT2D eigenvalue weighted by Crippen LogP contribution is -2.51. The first-order valence-corrected chi connectivity index (χ1v) is 18.1. The standard InChI is InChI=1S/C35H63N3O2.C2H4O2/c1-25(2)9-6-10-26(3)30-13-14-31-29-12-11-27-23-28(15-17-34(27,4)32(29)16-18-35(30,31)5)40-33(39)24-38-22-8-21-37-20-7-19-36;1-2(3)4/h11,25-26,28-32,37-38H,6-10,12-24,36H2,1-5H3;1H3,(H,3,4)/t26-,28+,29+,30-,31+,32+,34+,35-;/m1./s1. The summed E-state index contributed by atoms with van der Waals surface area (Å²) in [6.07, 6.45) is 19.0. The largest absolute Gasteiger partial charge is 0.481 e. The third-order valence-corrected chi connectivity index (χ3v) is 12.1. The van der Waals surface area contributed by atoms with E-state index in [1.165, 1.54) is 57.8 Å². The van der Waals surface area contributed by atoms with Crippen LogP contribution in [0.15, 0.2) is 11.6 Å². The number of nitrogens with two attached hydrogens (primary N) is 1. The molecule has 4 rings (SSSR count). The molecule has 7 heteroatoms. The highest BCUT2D eigenvalue weighted by molar-refractivity contribution is 5.71. The fraction of sp³-hybridized carbons (Fsp3) is 0.892. The van der Waals surface area contributed by atoms with Crippen LogP contribution in [0.3, 0.4) is 0 Å². The molecule has 0 radical (unpaired) electrons. The number of hydrogen-bond acceptors (Lipinski definition) is 6. The van der Waals surface area contributed by atoms with Gasteiger partial charge < -0.3 is 26.2 Å². The molecule has 5 N–H and O–H groups in total. The summed E-state index contributed by atoms with van der Waals surface area (Å²) in [7, 11) is 0. The van der Waals surface area contributed by atoms with Crippen molar-refractivity contribution < 1.29 is 19.4 Å².